The van der Waals surface area contributed by atoms with Crippen LogP contribution in [0, 0.1) is 0 Å². The fraction of sp³-hybridized carbons (Fsp3) is 0.500. The van der Waals surface area contributed by atoms with Crippen molar-refractivity contribution in [3.8, 4) is 0 Å². The first-order chi connectivity index (χ1) is 6.00. The quantitative estimate of drug-likeness (QED) is 0.681. The molecule has 1 atom stereocenters. The van der Waals surface area contributed by atoms with Crippen LogP contribution in [0.5, 0.6) is 0 Å². The average molecular weight is 200 g/mol. The number of aromatic nitrogens is 1. The van der Waals surface area contributed by atoms with Gasteiger partial charge in [0.1, 0.15) is 23.5 Å². The van der Waals surface area contributed by atoms with Gasteiger partial charge in [-0.2, -0.15) is 4.40 Å². The zero-order valence-corrected chi connectivity index (χ0v) is 8.67. The molecule has 0 aliphatic carbocycles. The Morgan fingerprint density at radius 1 is 1.62 bits per heavy atom. The first kappa shape index (κ1) is 10.1. The van der Waals surface area contributed by atoms with E-state index < -0.39 is 11.0 Å². The van der Waals surface area contributed by atoms with Crippen LogP contribution in [-0.2, 0) is 11.0 Å². The average Bonchev–Trinajstić information content (AvgIpc) is 2.50. The van der Waals surface area contributed by atoms with Crippen LogP contribution < -0.4 is 0 Å². The molecule has 1 rings (SSSR count). The molecule has 0 amide bonds. The SMILES string of the molecule is CC(C)(C)[S@](=O)/N=C/c1ncco1. The summed E-state index contributed by atoms with van der Waals surface area (Å²) in [7, 11) is -1.25. The topological polar surface area (TPSA) is 55.5 Å². The van der Waals surface area contributed by atoms with E-state index in [4.69, 9.17) is 4.42 Å². The molecule has 0 radical (unpaired) electrons. The lowest BCUT2D eigenvalue weighted by Gasteiger charge is -2.12. The summed E-state index contributed by atoms with van der Waals surface area (Å²) in [6.07, 6.45) is 4.34. The van der Waals surface area contributed by atoms with Crippen molar-refractivity contribution in [3.63, 3.8) is 0 Å². The molecule has 0 spiro atoms. The number of nitrogens with zero attached hydrogens (tertiary/aromatic N) is 2. The smallest absolute Gasteiger partial charge is 0.238 e. The third-order valence-corrected chi connectivity index (χ3v) is 2.58. The summed E-state index contributed by atoms with van der Waals surface area (Å²) in [5.74, 6) is 0.373. The van der Waals surface area contributed by atoms with Gasteiger partial charge in [-0.05, 0) is 20.8 Å². The minimum absolute atomic E-state index is 0.344. The standard InChI is InChI=1S/C8H12N2O2S/c1-8(2,3)13(11)10-6-7-9-4-5-12-7/h4-6H,1-3H3/b10-6+/t13-/m0/s1. The predicted octanol–water partition coefficient (Wildman–Crippen LogP) is 1.56. The number of hydrogen-bond donors (Lipinski definition) is 0. The highest BCUT2D eigenvalue weighted by atomic mass is 32.2. The van der Waals surface area contributed by atoms with E-state index in [1.54, 1.807) is 0 Å². The lowest BCUT2D eigenvalue weighted by molar-refractivity contribution is 0.550. The van der Waals surface area contributed by atoms with Crippen LogP contribution in [0.3, 0.4) is 0 Å². The minimum Gasteiger partial charge on any atom is -0.444 e. The predicted molar refractivity (Wildman–Crippen MR) is 52.0 cm³/mol. The number of oxazole rings is 1. The van der Waals surface area contributed by atoms with E-state index in [9.17, 15) is 4.21 Å². The molecule has 5 heteroatoms. The fourth-order valence-corrected chi connectivity index (χ4v) is 1.05. The summed E-state index contributed by atoms with van der Waals surface area (Å²) in [5, 5.41) is 0. The zero-order valence-electron chi connectivity index (χ0n) is 7.85. The summed E-state index contributed by atoms with van der Waals surface area (Å²) in [4.78, 5) is 3.82. The number of hydrogen-bond acceptors (Lipinski definition) is 3. The van der Waals surface area contributed by atoms with Crippen molar-refractivity contribution >= 4 is 17.2 Å². The van der Waals surface area contributed by atoms with Gasteiger partial charge in [0.15, 0.2) is 0 Å². The third kappa shape index (κ3) is 3.10. The molecule has 1 aromatic rings. The minimum atomic E-state index is -1.25. The Kier molecular flexibility index (Phi) is 2.98. The molecule has 0 saturated heterocycles. The van der Waals surface area contributed by atoms with Crippen LogP contribution in [0.4, 0.5) is 0 Å². The Hall–Kier alpha value is -0.970. The molecule has 4 nitrogen and oxygen atoms in total. The van der Waals surface area contributed by atoms with E-state index in [-0.39, 0.29) is 4.75 Å². The van der Waals surface area contributed by atoms with Gasteiger partial charge in [0.2, 0.25) is 5.89 Å². The molecule has 72 valence electrons. The summed E-state index contributed by atoms with van der Waals surface area (Å²) in [6.45, 7) is 5.57. The maximum absolute atomic E-state index is 11.4. The highest BCUT2D eigenvalue weighted by Gasteiger charge is 2.18. The first-order valence-corrected chi connectivity index (χ1v) is 4.96. The Morgan fingerprint density at radius 2 is 2.31 bits per heavy atom. The highest BCUT2D eigenvalue weighted by molar-refractivity contribution is 7.85. The summed E-state index contributed by atoms with van der Waals surface area (Å²) >= 11 is 0. The molecule has 0 unspecified atom stereocenters. The molecule has 0 aromatic carbocycles. The van der Waals surface area contributed by atoms with Gasteiger partial charge in [0.05, 0.1) is 10.9 Å². The molecule has 0 bridgehead atoms. The maximum Gasteiger partial charge on any atom is 0.238 e. The van der Waals surface area contributed by atoms with E-state index in [0.29, 0.717) is 5.89 Å². The molecule has 1 heterocycles. The van der Waals surface area contributed by atoms with Crippen molar-refractivity contribution < 1.29 is 8.63 Å². The van der Waals surface area contributed by atoms with Crippen LogP contribution >= 0.6 is 0 Å². The van der Waals surface area contributed by atoms with Crippen LogP contribution in [0.2, 0.25) is 0 Å². The van der Waals surface area contributed by atoms with Crippen molar-refractivity contribution in [2.24, 2.45) is 4.40 Å². The van der Waals surface area contributed by atoms with Crippen molar-refractivity contribution in [1.82, 2.24) is 4.98 Å². The van der Waals surface area contributed by atoms with Crippen LogP contribution in [-0.4, -0.2) is 20.2 Å². The van der Waals surface area contributed by atoms with E-state index in [1.807, 2.05) is 20.8 Å². The molecule has 0 fully saturated rings. The zero-order chi connectivity index (χ0) is 9.90. The second-order valence-electron chi connectivity index (χ2n) is 3.47. The van der Waals surface area contributed by atoms with Crippen LogP contribution in [0.15, 0.2) is 21.3 Å². The van der Waals surface area contributed by atoms with Crippen molar-refractivity contribution in [2.75, 3.05) is 0 Å². The second-order valence-corrected chi connectivity index (χ2v) is 5.40. The van der Waals surface area contributed by atoms with Gasteiger partial charge < -0.3 is 4.42 Å². The highest BCUT2D eigenvalue weighted by Crippen LogP contribution is 2.11. The Morgan fingerprint density at radius 3 is 2.77 bits per heavy atom. The molecule has 13 heavy (non-hydrogen) atoms. The number of rotatable bonds is 2. The lowest BCUT2D eigenvalue weighted by Crippen LogP contribution is -2.19. The normalized spacial score (nSPS) is 15.0. The summed E-state index contributed by atoms with van der Waals surface area (Å²) in [6, 6.07) is 0. The Bertz CT molecular complexity index is 311. The van der Waals surface area contributed by atoms with Crippen molar-refractivity contribution in [3.05, 3.63) is 18.4 Å². The summed E-state index contributed by atoms with van der Waals surface area (Å²) < 4.78 is 19.8. The van der Waals surface area contributed by atoms with Gasteiger partial charge in [-0.25, -0.2) is 9.19 Å². The summed E-state index contributed by atoms with van der Waals surface area (Å²) in [5.41, 5.74) is 0. The molecular formula is C8H12N2O2S. The van der Waals surface area contributed by atoms with Gasteiger partial charge in [-0.15, -0.1) is 0 Å². The molecule has 0 aliphatic heterocycles. The Balaban J connectivity index is 2.65. The van der Waals surface area contributed by atoms with Gasteiger partial charge in [0, 0.05) is 0 Å². The van der Waals surface area contributed by atoms with E-state index in [2.05, 4.69) is 9.38 Å². The molecule has 0 aliphatic rings. The lowest BCUT2D eigenvalue weighted by atomic mass is 10.3. The van der Waals surface area contributed by atoms with E-state index in [1.165, 1.54) is 18.7 Å². The fourth-order valence-electron chi connectivity index (χ4n) is 0.549. The van der Waals surface area contributed by atoms with E-state index in [0.717, 1.165) is 0 Å². The van der Waals surface area contributed by atoms with Crippen molar-refractivity contribution in [2.45, 2.75) is 25.5 Å². The van der Waals surface area contributed by atoms with Gasteiger partial charge in [0.25, 0.3) is 0 Å². The molecule has 0 saturated carbocycles. The van der Waals surface area contributed by atoms with Gasteiger partial charge >= 0.3 is 0 Å². The monoisotopic (exact) mass is 200 g/mol. The molecule has 0 N–H and O–H groups in total. The van der Waals surface area contributed by atoms with Gasteiger partial charge in [-0.3, -0.25) is 0 Å². The molecular weight excluding hydrogens is 188 g/mol. The first-order valence-electron chi connectivity index (χ1n) is 3.86. The van der Waals surface area contributed by atoms with Crippen LogP contribution in [0.1, 0.15) is 26.7 Å². The maximum atomic E-state index is 11.4. The largest absolute Gasteiger partial charge is 0.444 e. The van der Waals surface area contributed by atoms with Gasteiger partial charge in [-0.1, -0.05) is 0 Å². The third-order valence-electron chi connectivity index (χ3n) is 1.23. The molecule has 1 aromatic heterocycles. The second kappa shape index (κ2) is 3.83. The Labute approximate surface area is 79.7 Å². The van der Waals surface area contributed by atoms with Crippen molar-refractivity contribution in [1.29, 1.82) is 0 Å². The van der Waals surface area contributed by atoms with E-state index >= 15 is 0 Å². The van der Waals surface area contributed by atoms with Crippen LogP contribution in [0.25, 0.3) is 0 Å².